The van der Waals surface area contributed by atoms with Gasteiger partial charge in [-0.25, -0.2) is 0 Å². The van der Waals surface area contributed by atoms with Gasteiger partial charge in [0.1, 0.15) is 0 Å². The molecule has 16 heavy (non-hydrogen) atoms. The first-order chi connectivity index (χ1) is 7.50. The summed E-state index contributed by atoms with van der Waals surface area (Å²) in [7, 11) is 0. The summed E-state index contributed by atoms with van der Waals surface area (Å²) in [6, 6.07) is 4.74. The Balaban J connectivity index is 2.75. The van der Waals surface area contributed by atoms with Crippen molar-refractivity contribution in [2.75, 3.05) is 6.54 Å². The molecular formula is C11H15ClN2O2. The van der Waals surface area contributed by atoms with E-state index in [4.69, 9.17) is 11.6 Å². The Morgan fingerprint density at radius 3 is 2.75 bits per heavy atom. The van der Waals surface area contributed by atoms with Crippen molar-refractivity contribution in [1.82, 2.24) is 5.32 Å². The zero-order valence-corrected chi connectivity index (χ0v) is 10.1. The number of hydrogen-bond acceptors (Lipinski definition) is 3. The van der Waals surface area contributed by atoms with E-state index in [1.165, 1.54) is 6.07 Å². The van der Waals surface area contributed by atoms with Gasteiger partial charge in [-0.2, -0.15) is 0 Å². The van der Waals surface area contributed by atoms with Crippen LogP contribution in [0.3, 0.4) is 0 Å². The third-order valence-electron chi connectivity index (χ3n) is 2.11. The van der Waals surface area contributed by atoms with Gasteiger partial charge in [-0.05, 0) is 24.6 Å². The van der Waals surface area contributed by atoms with Crippen LogP contribution in [0.25, 0.3) is 0 Å². The molecule has 0 heterocycles. The Hall–Kier alpha value is -1.13. The maximum absolute atomic E-state index is 10.8. The molecule has 88 valence electrons. The molecular weight excluding hydrogens is 228 g/mol. The Morgan fingerprint density at radius 1 is 1.50 bits per heavy atom. The maximum Gasteiger partial charge on any atom is 0.275 e. The van der Waals surface area contributed by atoms with Crippen molar-refractivity contribution in [1.29, 1.82) is 0 Å². The molecule has 1 N–H and O–H groups in total. The van der Waals surface area contributed by atoms with Crippen LogP contribution in [0.5, 0.6) is 0 Å². The first kappa shape index (κ1) is 12.9. The van der Waals surface area contributed by atoms with E-state index in [1.54, 1.807) is 12.1 Å². The average molecular weight is 243 g/mol. The summed E-state index contributed by atoms with van der Waals surface area (Å²) in [6.07, 6.45) is 0. The van der Waals surface area contributed by atoms with Crippen molar-refractivity contribution in [3.63, 3.8) is 0 Å². The van der Waals surface area contributed by atoms with Gasteiger partial charge in [0.05, 0.1) is 4.92 Å². The van der Waals surface area contributed by atoms with Crippen molar-refractivity contribution >= 4 is 17.3 Å². The van der Waals surface area contributed by atoms with Crippen molar-refractivity contribution in [2.24, 2.45) is 5.92 Å². The van der Waals surface area contributed by atoms with Crippen LogP contribution in [0.2, 0.25) is 5.02 Å². The molecule has 5 heteroatoms. The highest BCUT2D eigenvalue weighted by molar-refractivity contribution is 6.30. The zero-order valence-electron chi connectivity index (χ0n) is 9.37. The molecule has 1 aromatic rings. The lowest BCUT2D eigenvalue weighted by atomic mass is 10.1. The maximum atomic E-state index is 10.8. The molecule has 0 aliphatic rings. The molecule has 1 rings (SSSR count). The predicted molar refractivity (Wildman–Crippen MR) is 64.7 cm³/mol. The van der Waals surface area contributed by atoms with Gasteiger partial charge in [-0.3, -0.25) is 10.1 Å². The van der Waals surface area contributed by atoms with Crippen LogP contribution in [-0.2, 0) is 6.54 Å². The van der Waals surface area contributed by atoms with E-state index in [-0.39, 0.29) is 5.69 Å². The number of halogens is 1. The third kappa shape index (κ3) is 3.79. The van der Waals surface area contributed by atoms with E-state index < -0.39 is 4.92 Å². The fourth-order valence-corrected chi connectivity index (χ4v) is 1.52. The van der Waals surface area contributed by atoms with Crippen LogP contribution in [-0.4, -0.2) is 11.5 Å². The molecule has 0 radical (unpaired) electrons. The second kappa shape index (κ2) is 5.82. The van der Waals surface area contributed by atoms with Crippen LogP contribution in [0.4, 0.5) is 5.69 Å². The van der Waals surface area contributed by atoms with E-state index in [0.717, 1.165) is 6.54 Å². The Labute approximate surface area is 99.8 Å². The standard InChI is InChI=1S/C11H15ClN2O2/c1-8(2)6-13-7-9-3-4-10(12)5-11(9)14(15)16/h3-5,8,13H,6-7H2,1-2H3. The van der Waals surface area contributed by atoms with Crippen LogP contribution in [0.15, 0.2) is 18.2 Å². The van der Waals surface area contributed by atoms with Gasteiger partial charge >= 0.3 is 0 Å². The monoisotopic (exact) mass is 242 g/mol. The summed E-state index contributed by atoms with van der Waals surface area (Å²) in [5, 5.41) is 14.3. The van der Waals surface area contributed by atoms with Gasteiger partial charge in [0, 0.05) is 23.2 Å². The first-order valence-electron chi connectivity index (χ1n) is 5.14. The number of rotatable bonds is 5. The quantitative estimate of drug-likeness (QED) is 0.638. The minimum atomic E-state index is -0.404. The molecule has 0 aromatic heterocycles. The van der Waals surface area contributed by atoms with Crippen molar-refractivity contribution in [3.8, 4) is 0 Å². The van der Waals surface area contributed by atoms with Crippen molar-refractivity contribution in [3.05, 3.63) is 38.9 Å². The van der Waals surface area contributed by atoms with Crippen LogP contribution in [0, 0.1) is 16.0 Å². The minimum absolute atomic E-state index is 0.0729. The number of nitro benzene ring substituents is 1. The molecule has 4 nitrogen and oxygen atoms in total. The number of nitro groups is 1. The van der Waals surface area contributed by atoms with E-state index >= 15 is 0 Å². The molecule has 0 bridgehead atoms. The second-order valence-corrected chi connectivity index (χ2v) is 4.49. The molecule has 0 saturated heterocycles. The Kier molecular flexibility index (Phi) is 4.71. The third-order valence-corrected chi connectivity index (χ3v) is 2.35. The van der Waals surface area contributed by atoms with E-state index in [0.29, 0.717) is 23.0 Å². The molecule has 0 spiro atoms. The summed E-state index contributed by atoms with van der Waals surface area (Å²) < 4.78 is 0. The molecule has 0 fully saturated rings. The summed E-state index contributed by atoms with van der Waals surface area (Å²) in [5.41, 5.74) is 0.735. The number of nitrogens with one attached hydrogen (secondary N) is 1. The molecule has 0 aliphatic heterocycles. The summed E-state index contributed by atoms with van der Waals surface area (Å²) in [4.78, 5) is 10.4. The molecule has 0 unspecified atom stereocenters. The second-order valence-electron chi connectivity index (χ2n) is 4.05. The lowest BCUT2D eigenvalue weighted by molar-refractivity contribution is -0.385. The largest absolute Gasteiger partial charge is 0.312 e. The van der Waals surface area contributed by atoms with Gasteiger partial charge in [0.2, 0.25) is 0 Å². The number of hydrogen-bond donors (Lipinski definition) is 1. The molecule has 0 amide bonds. The molecule has 1 aromatic carbocycles. The van der Waals surface area contributed by atoms with E-state index in [2.05, 4.69) is 19.2 Å². The normalized spacial score (nSPS) is 10.8. The fraction of sp³-hybridized carbons (Fsp3) is 0.455. The Bertz CT molecular complexity index is 380. The van der Waals surface area contributed by atoms with E-state index in [1.807, 2.05) is 0 Å². The smallest absolute Gasteiger partial charge is 0.275 e. The van der Waals surface area contributed by atoms with Crippen molar-refractivity contribution < 1.29 is 4.92 Å². The fourth-order valence-electron chi connectivity index (χ4n) is 1.35. The zero-order chi connectivity index (χ0) is 12.1. The van der Waals surface area contributed by atoms with Gasteiger partial charge < -0.3 is 5.32 Å². The lowest BCUT2D eigenvalue weighted by Crippen LogP contribution is -2.19. The number of benzene rings is 1. The average Bonchev–Trinajstić information content (AvgIpc) is 2.19. The summed E-state index contributed by atoms with van der Waals surface area (Å²) >= 11 is 5.72. The minimum Gasteiger partial charge on any atom is -0.312 e. The van der Waals surface area contributed by atoms with Crippen LogP contribution < -0.4 is 5.32 Å². The Morgan fingerprint density at radius 2 is 2.19 bits per heavy atom. The summed E-state index contributed by atoms with van der Waals surface area (Å²) in [6.45, 7) is 5.50. The lowest BCUT2D eigenvalue weighted by Gasteiger charge is -2.07. The topological polar surface area (TPSA) is 55.2 Å². The number of nitrogens with zero attached hydrogens (tertiary/aromatic N) is 1. The van der Waals surface area contributed by atoms with Gasteiger partial charge in [0.25, 0.3) is 5.69 Å². The highest BCUT2D eigenvalue weighted by Crippen LogP contribution is 2.22. The predicted octanol–water partition coefficient (Wildman–Crippen LogP) is 2.99. The molecule has 0 atom stereocenters. The van der Waals surface area contributed by atoms with Crippen LogP contribution >= 0.6 is 11.6 Å². The van der Waals surface area contributed by atoms with Crippen molar-refractivity contribution in [2.45, 2.75) is 20.4 Å². The van der Waals surface area contributed by atoms with Crippen LogP contribution in [0.1, 0.15) is 19.4 Å². The highest BCUT2D eigenvalue weighted by atomic mass is 35.5. The molecule has 0 aliphatic carbocycles. The van der Waals surface area contributed by atoms with Gasteiger partial charge in [-0.15, -0.1) is 0 Å². The molecule has 0 saturated carbocycles. The first-order valence-corrected chi connectivity index (χ1v) is 5.52. The van der Waals surface area contributed by atoms with Gasteiger partial charge in [0.15, 0.2) is 0 Å². The SMILES string of the molecule is CC(C)CNCc1ccc(Cl)cc1[N+](=O)[O-]. The highest BCUT2D eigenvalue weighted by Gasteiger charge is 2.13. The van der Waals surface area contributed by atoms with Gasteiger partial charge in [-0.1, -0.05) is 25.4 Å². The van der Waals surface area contributed by atoms with E-state index in [9.17, 15) is 10.1 Å². The summed E-state index contributed by atoms with van der Waals surface area (Å²) in [5.74, 6) is 0.520.